The van der Waals surface area contributed by atoms with Crippen LogP contribution in [0.25, 0.3) is 0 Å². The van der Waals surface area contributed by atoms with Crippen LogP contribution in [0, 0.1) is 0 Å². The van der Waals surface area contributed by atoms with Crippen LogP contribution >= 0.6 is 11.6 Å². The molecular formula is C13H17ClO. The highest BCUT2D eigenvalue weighted by atomic mass is 35.5. The number of allylic oxidation sites excluding steroid dienone is 1. The number of halogens is 1. The SMILES string of the molecule is CC/C=C(\C)CC(O)c1ccc(Cl)cc1. The summed E-state index contributed by atoms with van der Waals surface area (Å²) in [6.07, 6.45) is 3.42. The highest BCUT2D eigenvalue weighted by Gasteiger charge is 2.07. The van der Waals surface area contributed by atoms with E-state index in [9.17, 15) is 5.11 Å². The molecule has 1 aromatic carbocycles. The van der Waals surface area contributed by atoms with E-state index in [2.05, 4.69) is 13.0 Å². The summed E-state index contributed by atoms with van der Waals surface area (Å²) in [6, 6.07) is 7.34. The average Bonchev–Trinajstić information content (AvgIpc) is 2.18. The molecule has 82 valence electrons. The smallest absolute Gasteiger partial charge is 0.0827 e. The standard InChI is InChI=1S/C13H17ClO/c1-3-4-10(2)9-13(15)11-5-7-12(14)8-6-11/h4-8,13,15H,3,9H2,1-2H3/b10-4+. The summed E-state index contributed by atoms with van der Waals surface area (Å²) in [7, 11) is 0. The van der Waals surface area contributed by atoms with Gasteiger partial charge in [0.05, 0.1) is 6.10 Å². The quantitative estimate of drug-likeness (QED) is 0.763. The molecule has 0 saturated carbocycles. The minimum absolute atomic E-state index is 0.426. The molecule has 0 aliphatic carbocycles. The van der Waals surface area contributed by atoms with Gasteiger partial charge < -0.3 is 5.11 Å². The fourth-order valence-electron chi connectivity index (χ4n) is 1.54. The summed E-state index contributed by atoms with van der Waals surface area (Å²) in [5.41, 5.74) is 2.14. The van der Waals surface area contributed by atoms with Crippen LogP contribution in [0.2, 0.25) is 5.02 Å². The van der Waals surface area contributed by atoms with Gasteiger partial charge in [0, 0.05) is 5.02 Å². The van der Waals surface area contributed by atoms with Crippen molar-refractivity contribution < 1.29 is 5.11 Å². The number of benzene rings is 1. The summed E-state index contributed by atoms with van der Waals surface area (Å²) in [5.74, 6) is 0. The maximum atomic E-state index is 9.92. The van der Waals surface area contributed by atoms with E-state index >= 15 is 0 Å². The van der Waals surface area contributed by atoms with Gasteiger partial charge in [-0.3, -0.25) is 0 Å². The Morgan fingerprint density at radius 2 is 2.00 bits per heavy atom. The Bertz CT molecular complexity index is 327. The maximum absolute atomic E-state index is 9.92. The van der Waals surface area contributed by atoms with Gasteiger partial charge in [0.2, 0.25) is 0 Å². The van der Waals surface area contributed by atoms with Crippen molar-refractivity contribution in [3.63, 3.8) is 0 Å². The molecule has 0 bridgehead atoms. The molecule has 0 aliphatic heterocycles. The lowest BCUT2D eigenvalue weighted by Crippen LogP contribution is -1.97. The summed E-state index contributed by atoms with van der Waals surface area (Å²) in [6.45, 7) is 4.14. The fraction of sp³-hybridized carbons (Fsp3) is 0.385. The molecule has 1 rings (SSSR count). The van der Waals surface area contributed by atoms with Crippen molar-refractivity contribution in [1.29, 1.82) is 0 Å². The summed E-state index contributed by atoms with van der Waals surface area (Å²) in [4.78, 5) is 0. The number of aliphatic hydroxyl groups excluding tert-OH is 1. The van der Waals surface area contributed by atoms with Crippen molar-refractivity contribution >= 4 is 11.6 Å². The topological polar surface area (TPSA) is 20.2 Å². The summed E-state index contributed by atoms with van der Waals surface area (Å²) < 4.78 is 0. The first-order chi connectivity index (χ1) is 7.13. The summed E-state index contributed by atoms with van der Waals surface area (Å²) >= 11 is 5.78. The molecule has 0 aliphatic rings. The van der Waals surface area contributed by atoms with Crippen LogP contribution in [-0.4, -0.2) is 5.11 Å². The predicted octanol–water partition coefficient (Wildman–Crippen LogP) is 4.12. The minimum Gasteiger partial charge on any atom is -0.388 e. The highest BCUT2D eigenvalue weighted by molar-refractivity contribution is 6.30. The molecule has 1 N–H and O–H groups in total. The summed E-state index contributed by atoms with van der Waals surface area (Å²) in [5, 5.41) is 10.6. The minimum atomic E-state index is -0.426. The van der Waals surface area contributed by atoms with Gasteiger partial charge in [-0.05, 0) is 37.5 Å². The van der Waals surface area contributed by atoms with Crippen LogP contribution in [0.1, 0.15) is 38.4 Å². The molecular weight excluding hydrogens is 208 g/mol. The van der Waals surface area contributed by atoms with Crippen molar-refractivity contribution in [1.82, 2.24) is 0 Å². The van der Waals surface area contributed by atoms with E-state index in [1.54, 1.807) is 12.1 Å². The van der Waals surface area contributed by atoms with Crippen molar-refractivity contribution in [2.24, 2.45) is 0 Å². The fourth-order valence-corrected chi connectivity index (χ4v) is 1.67. The van der Waals surface area contributed by atoms with Crippen molar-refractivity contribution in [2.75, 3.05) is 0 Å². The Morgan fingerprint density at radius 3 is 2.53 bits per heavy atom. The first kappa shape index (κ1) is 12.3. The van der Waals surface area contributed by atoms with Crippen LogP contribution in [0.5, 0.6) is 0 Å². The van der Waals surface area contributed by atoms with E-state index in [1.165, 1.54) is 5.57 Å². The average molecular weight is 225 g/mol. The van der Waals surface area contributed by atoms with E-state index in [-0.39, 0.29) is 0 Å². The Hall–Kier alpha value is -0.790. The van der Waals surface area contributed by atoms with Gasteiger partial charge in [-0.25, -0.2) is 0 Å². The normalized spacial score (nSPS) is 14.0. The van der Waals surface area contributed by atoms with Crippen molar-refractivity contribution in [3.8, 4) is 0 Å². The molecule has 0 spiro atoms. The second-order valence-electron chi connectivity index (χ2n) is 3.73. The second kappa shape index (κ2) is 5.94. The molecule has 0 radical (unpaired) electrons. The zero-order valence-corrected chi connectivity index (χ0v) is 9.96. The molecule has 0 fully saturated rings. The molecule has 0 aromatic heterocycles. The second-order valence-corrected chi connectivity index (χ2v) is 4.17. The van der Waals surface area contributed by atoms with Gasteiger partial charge in [0.15, 0.2) is 0 Å². The Labute approximate surface area is 96.4 Å². The Kier molecular flexibility index (Phi) is 4.86. The molecule has 1 aromatic rings. The lowest BCUT2D eigenvalue weighted by atomic mass is 10.0. The maximum Gasteiger partial charge on any atom is 0.0827 e. The third-order valence-corrected chi connectivity index (χ3v) is 2.57. The third kappa shape index (κ3) is 4.06. The van der Waals surface area contributed by atoms with E-state index < -0.39 is 6.10 Å². The predicted molar refractivity (Wildman–Crippen MR) is 65.1 cm³/mol. The van der Waals surface area contributed by atoms with Crippen LogP contribution in [0.4, 0.5) is 0 Å². The molecule has 0 saturated heterocycles. The Balaban J connectivity index is 2.65. The van der Waals surface area contributed by atoms with E-state index in [1.807, 2.05) is 19.1 Å². The van der Waals surface area contributed by atoms with Crippen molar-refractivity contribution in [2.45, 2.75) is 32.8 Å². The molecule has 2 heteroatoms. The number of hydrogen-bond donors (Lipinski definition) is 1. The van der Waals surface area contributed by atoms with Crippen molar-refractivity contribution in [3.05, 3.63) is 46.5 Å². The van der Waals surface area contributed by atoms with Gasteiger partial charge in [-0.15, -0.1) is 0 Å². The van der Waals surface area contributed by atoms with Gasteiger partial charge >= 0.3 is 0 Å². The molecule has 0 heterocycles. The zero-order valence-electron chi connectivity index (χ0n) is 9.20. The zero-order chi connectivity index (χ0) is 11.3. The lowest BCUT2D eigenvalue weighted by molar-refractivity contribution is 0.178. The molecule has 1 nitrogen and oxygen atoms in total. The van der Waals surface area contributed by atoms with Gasteiger partial charge in [0.1, 0.15) is 0 Å². The van der Waals surface area contributed by atoms with E-state index in [4.69, 9.17) is 11.6 Å². The Morgan fingerprint density at radius 1 is 1.40 bits per heavy atom. The van der Waals surface area contributed by atoms with Crippen LogP contribution < -0.4 is 0 Å². The number of hydrogen-bond acceptors (Lipinski definition) is 1. The van der Waals surface area contributed by atoms with Crippen LogP contribution in [0.3, 0.4) is 0 Å². The van der Waals surface area contributed by atoms with Gasteiger partial charge in [-0.2, -0.15) is 0 Å². The van der Waals surface area contributed by atoms with E-state index in [0.29, 0.717) is 11.4 Å². The highest BCUT2D eigenvalue weighted by Crippen LogP contribution is 2.22. The van der Waals surface area contributed by atoms with Gasteiger partial charge in [-0.1, -0.05) is 42.3 Å². The van der Waals surface area contributed by atoms with E-state index in [0.717, 1.165) is 12.0 Å². The first-order valence-corrected chi connectivity index (χ1v) is 5.60. The van der Waals surface area contributed by atoms with Crippen LogP contribution in [0.15, 0.2) is 35.9 Å². The number of rotatable bonds is 4. The molecule has 0 amide bonds. The largest absolute Gasteiger partial charge is 0.388 e. The first-order valence-electron chi connectivity index (χ1n) is 5.22. The van der Waals surface area contributed by atoms with Gasteiger partial charge in [0.25, 0.3) is 0 Å². The van der Waals surface area contributed by atoms with Crippen LogP contribution in [-0.2, 0) is 0 Å². The third-order valence-electron chi connectivity index (χ3n) is 2.32. The monoisotopic (exact) mass is 224 g/mol. The molecule has 15 heavy (non-hydrogen) atoms. The molecule has 1 atom stereocenters. The lowest BCUT2D eigenvalue weighted by Gasteiger charge is -2.11. The number of aliphatic hydroxyl groups is 1. The molecule has 1 unspecified atom stereocenters.